The molecule has 4 rings (SSSR count). The van der Waals surface area contributed by atoms with Gasteiger partial charge in [0.25, 0.3) is 0 Å². The van der Waals surface area contributed by atoms with Gasteiger partial charge in [0.05, 0.1) is 12.7 Å². The molecule has 0 spiro atoms. The number of hydrogen-bond donors (Lipinski definition) is 2. The van der Waals surface area contributed by atoms with E-state index in [1.807, 2.05) is 0 Å². The third-order valence-electron chi connectivity index (χ3n) is 4.87. The molecule has 0 bridgehead atoms. The van der Waals surface area contributed by atoms with Gasteiger partial charge in [-0.25, -0.2) is 19.4 Å². The lowest BCUT2D eigenvalue weighted by molar-refractivity contribution is -0.207. The number of halogens is 4. The largest absolute Gasteiger partial charge is 0.416 e. The Morgan fingerprint density at radius 3 is 2.43 bits per heavy atom. The molecule has 2 atom stereocenters. The van der Waals surface area contributed by atoms with Crippen molar-refractivity contribution in [3.63, 3.8) is 0 Å². The molecule has 3 aromatic heterocycles. The summed E-state index contributed by atoms with van der Waals surface area (Å²) in [5.74, 6) is 0.296. The molecule has 0 saturated heterocycles. The number of benzene rings is 1. The summed E-state index contributed by atoms with van der Waals surface area (Å²) in [6.45, 7) is 0.0565. The van der Waals surface area contributed by atoms with Gasteiger partial charge in [0, 0.05) is 23.0 Å². The molecule has 2 unspecified atom stereocenters. The fourth-order valence-corrected chi connectivity index (χ4v) is 3.33. The van der Waals surface area contributed by atoms with Crippen LogP contribution in [0.15, 0.2) is 47.7 Å². The molecule has 0 aliphatic rings. The van der Waals surface area contributed by atoms with Crippen molar-refractivity contribution in [1.29, 1.82) is 0 Å². The zero-order chi connectivity index (χ0) is 25.3. The molecule has 3 heterocycles. The summed E-state index contributed by atoms with van der Waals surface area (Å²) in [7, 11) is 0. The summed E-state index contributed by atoms with van der Waals surface area (Å²) in [5, 5.41) is 28.5. The van der Waals surface area contributed by atoms with Crippen molar-refractivity contribution >= 4 is 11.6 Å². The van der Waals surface area contributed by atoms with Gasteiger partial charge < -0.3 is 10.2 Å². The molecule has 11 nitrogen and oxygen atoms in total. The Hall–Kier alpha value is -3.62. The predicted octanol–water partition coefficient (Wildman–Crippen LogP) is 1.76. The number of alkyl halides is 3. The maximum atomic E-state index is 13.0. The minimum atomic E-state index is -4.94. The maximum Gasteiger partial charge on any atom is 0.416 e. The van der Waals surface area contributed by atoms with Crippen molar-refractivity contribution in [2.75, 3.05) is 0 Å². The molecule has 184 valence electrons. The number of nitrogens with zero attached hydrogens (tertiary/aromatic N) is 8. The maximum absolute atomic E-state index is 13.0. The number of aromatic nitrogens is 8. The van der Waals surface area contributed by atoms with Gasteiger partial charge in [0.1, 0.15) is 12.6 Å². The van der Waals surface area contributed by atoms with Crippen LogP contribution in [-0.2, 0) is 13.1 Å². The molecular weight excluding hydrogens is 493 g/mol. The van der Waals surface area contributed by atoms with Gasteiger partial charge in [0.15, 0.2) is 29.4 Å². The number of aliphatic hydroxyl groups excluding tert-OH is 2. The highest BCUT2D eigenvalue weighted by Crippen LogP contribution is 2.24. The van der Waals surface area contributed by atoms with Crippen LogP contribution in [0.2, 0.25) is 5.02 Å². The van der Waals surface area contributed by atoms with Gasteiger partial charge in [-0.2, -0.15) is 17.9 Å². The molecule has 15 heteroatoms. The quantitative estimate of drug-likeness (QED) is 0.384. The lowest BCUT2D eigenvalue weighted by Gasteiger charge is -2.15. The molecule has 0 amide bonds. The first kappa shape index (κ1) is 24.5. The van der Waals surface area contributed by atoms with Crippen LogP contribution >= 0.6 is 11.6 Å². The molecule has 4 aromatic rings. The number of hydrogen-bond acceptors (Lipinski definition) is 8. The van der Waals surface area contributed by atoms with Crippen LogP contribution in [0.25, 0.3) is 17.2 Å². The van der Waals surface area contributed by atoms with Crippen LogP contribution < -0.4 is 5.69 Å². The second-order valence-corrected chi connectivity index (χ2v) is 7.91. The highest BCUT2D eigenvalue weighted by atomic mass is 35.5. The van der Waals surface area contributed by atoms with E-state index in [0.29, 0.717) is 10.6 Å². The first-order valence-corrected chi connectivity index (χ1v) is 10.5. The minimum Gasteiger partial charge on any atom is -0.385 e. The Morgan fingerprint density at radius 1 is 1.11 bits per heavy atom. The van der Waals surface area contributed by atoms with Gasteiger partial charge in [-0.1, -0.05) is 11.6 Å². The van der Waals surface area contributed by atoms with E-state index in [9.17, 15) is 28.2 Å². The zero-order valence-electron chi connectivity index (χ0n) is 18.0. The molecule has 0 aliphatic heterocycles. The smallest absolute Gasteiger partial charge is 0.385 e. The van der Waals surface area contributed by atoms with Crippen LogP contribution in [0.3, 0.4) is 0 Å². The fraction of sp³-hybridized carbons (Fsp3) is 0.300. The van der Waals surface area contributed by atoms with Gasteiger partial charge in [-0.3, -0.25) is 9.55 Å². The highest BCUT2D eigenvalue weighted by Gasteiger charge is 2.39. The second-order valence-electron chi connectivity index (χ2n) is 7.48. The Kier molecular flexibility index (Phi) is 6.69. The molecule has 0 fully saturated rings. The highest BCUT2D eigenvalue weighted by molar-refractivity contribution is 6.30. The van der Waals surface area contributed by atoms with E-state index in [2.05, 4.69) is 25.1 Å². The molecule has 1 aromatic carbocycles. The van der Waals surface area contributed by atoms with Crippen molar-refractivity contribution < 1.29 is 23.4 Å². The average molecular weight is 511 g/mol. The van der Waals surface area contributed by atoms with E-state index in [0.717, 1.165) is 9.25 Å². The minimum absolute atomic E-state index is 0.0392. The topological polar surface area (TPSA) is 137 Å². The molecule has 0 radical (unpaired) electrons. The van der Waals surface area contributed by atoms with Gasteiger partial charge in [0.2, 0.25) is 0 Å². The number of rotatable bonds is 7. The van der Waals surface area contributed by atoms with Crippen molar-refractivity contribution in [3.05, 3.63) is 70.0 Å². The number of aliphatic hydroxyl groups is 2. The lowest BCUT2D eigenvalue weighted by Crippen LogP contribution is -2.37. The molecule has 35 heavy (non-hydrogen) atoms. The SMILES string of the molecule is CC(O)c1nc(Cn2nc(-c3ccc(Cl)cc3)n(CC(O)C(F)(F)F)c2=O)nn1-c1cnccn1. The lowest BCUT2D eigenvalue weighted by atomic mass is 10.2. The van der Waals surface area contributed by atoms with Crippen LogP contribution in [-0.4, -0.2) is 61.6 Å². The van der Waals surface area contributed by atoms with E-state index in [1.54, 1.807) is 0 Å². The molecule has 2 N–H and O–H groups in total. The van der Waals surface area contributed by atoms with Crippen LogP contribution in [0.1, 0.15) is 24.7 Å². The first-order valence-electron chi connectivity index (χ1n) is 10.1. The molecular formula is C20H18ClF3N8O3. The Balaban J connectivity index is 1.76. The van der Waals surface area contributed by atoms with E-state index < -0.39 is 30.6 Å². The average Bonchev–Trinajstić information content (AvgIpc) is 3.37. The Morgan fingerprint density at radius 2 is 1.83 bits per heavy atom. The zero-order valence-corrected chi connectivity index (χ0v) is 18.8. The second kappa shape index (κ2) is 9.56. The summed E-state index contributed by atoms with van der Waals surface area (Å²) >= 11 is 5.89. The van der Waals surface area contributed by atoms with Crippen molar-refractivity contribution in [1.82, 2.24) is 39.1 Å². The van der Waals surface area contributed by atoms with E-state index in [4.69, 9.17) is 11.6 Å². The molecule has 0 aliphatic carbocycles. The Labute approximate surface area is 200 Å². The van der Waals surface area contributed by atoms with Crippen LogP contribution in [0, 0.1) is 0 Å². The van der Waals surface area contributed by atoms with Crippen molar-refractivity contribution in [2.24, 2.45) is 0 Å². The third kappa shape index (κ3) is 5.23. The van der Waals surface area contributed by atoms with Gasteiger partial charge in [-0.15, -0.1) is 10.2 Å². The Bertz CT molecular complexity index is 1370. The predicted molar refractivity (Wildman–Crippen MR) is 116 cm³/mol. The summed E-state index contributed by atoms with van der Waals surface area (Å²) in [4.78, 5) is 25.3. The van der Waals surface area contributed by atoms with E-state index in [-0.39, 0.29) is 29.8 Å². The molecule has 0 saturated carbocycles. The standard InChI is InChI=1S/C20H18ClF3N8O3/c1-11(33)17-27-15(28-32(17)16-8-25-6-7-26-16)10-31-19(35)30(9-14(34)20(22,23)24)18(29-31)12-2-4-13(21)5-3-12/h2-8,11,14,33-34H,9-10H2,1H3. The van der Waals surface area contributed by atoms with Crippen molar-refractivity contribution in [2.45, 2.75) is 38.4 Å². The normalized spacial score (nSPS) is 13.7. The summed E-state index contributed by atoms with van der Waals surface area (Å²) < 4.78 is 41.9. The fourth-order valence-electron chi connectivity index (χ4n) is 3.21. The first-order chi connectivity index (χ1) is 16.5. The van der Waals surface area contributed by atoms with E-state index >= 15 is 0 Å². The summed E-state index contributed by atoms with van der Waals surface area (Å²) in [5.41, 5.74) is -0.616. The van der Waals surface area contributed by atoms with Gasteiger partial charge >= 0.3 is 11.9 Å². The summed E-state index contributed by atoms with van der Waals surface area (Å²) in [6, 6.07) is 5.95. The van der Waals surface area contributed by atoms with Gasteiger partial charge in [-0.05, 0) is 31.2 Å². The van der Waals surface area contributed by atoms with Crippen molar-refractivity contribution in [3.8, 4) is 17.2 Å². The van der Waals surface area contributed by atoms with E-state index in [1.165, 1.54) is 54.5 Å². The summed E-state index contributed by atoms with van der Waals surface area (Å²) in [6.07, 6.45) is -4.54. The van der Waals surface area contributed by atoms with Crippen LogP contribution in [0.4, 0.5) is 13.2 Å². The third-order valence-corrected chi connectivity index (χ3v) is 5.12. The monoisotopic (exact) mass is 510 g/mol. The van der Waals surface area contributed by atoms with Crippen LogP contribution in [0.5, 0.6) is 0 Å².